The Kier molecular flexibility index (Phi) is 4.87. The van der Waals surface area contributed by atoms with Crippen LogP contribution in [0.3, 0.4) is 0 Å². The van der Waals surface area contributed by atoms with Crippen LogP contribution in [0.4, 0.5) is 17.3 Å². The number of hydrogen-bond acceptors (Lipinski definition) is 1. The van der Waals surface area contributed by atoms with Crippen molar-refractivity contribution in [1.82, 2.24) is 0 Å². The van der Waals surface area contributed by atoms with Crippen molar-refractivity contribution in [2.45, 2.75) is 19.4 Å². The smallest absolute Gasteiger partial charge is 0.418 e. The first-order chi connectivity index (χ1) is 6.16. The normalized spacial score (nSPS) is 32.4. The van der Waals surface area contributed by atoms with Crippen molar-refractivity contribution in [3.8, 4) is 0 Å². The molecule has 0 radical (unpaired) electrons. The standard InChI is InChI=1S/C7H16NO.BF4/c1-3-8(2)5-4-7(9)6-8;2-1(3,4)5/h7,9H,3-6H2,1-2H3;/q+1;-1. The van der Waals surface area contributed by atoms with Gasteiger partial charge in [0.25, 0.3) is 0 Å². The lowest BCUT2D eigenvalue weighted by molar-refractivity contribution is -0.897. The molecule has 0 saturated carbocycles. The van der Waals surface area contributed by atoms with Gasteiger partial charge < -0.3 is 26.9 Å². The van der Waals surface area contributed by atoms with Gasteiger partial charge in [0.2, 0.25) is 0 Å². The van der Waals surface area contributed by atoms with Crippen molar-refractivity contribution in [2.24, 2.45) is 0 Å². The molecule has 2 atom stereocenters. The van der Waals surface area contributed by atoms with Gasteiger partial charge in [-0.15, -0.1) is 0 Å². The fourth-order valence-corrected chi connectivity index (χ4v) is 1.44. The molecule has 1 rings (SSSR count). The summed E-state index contributed by atoms with van der Waals surface area (Å²) in [6.07, 6.45) is 0.958. The number of likely N-dealkylation sites (N-methyl/N-ethyl adjacent to an activating group) is 1. The summed E-state index contributed by atoms with van der Waals surface area (Å²) in [5.41, 5.74) is 0. The third kappa shape index (κ3) is 7.14. The number of aliphatic hydroxyl groups excluding tert-OH is 1. The van der Waals surface area contributed by atoms with Gasteiger partial charge in [0.15, 0.2) is 0 Å². The lowest BCUT2D eigenvalue weighted by Crippen LogP contribution is -2.41. The van der Waals surface area contributed by atoms with Gasteiger partial charge in [0.1, 0.15) is 12.6 Å². The number of quaternary nitrogens is 1. The molecule has 0 bridgehead atoms. The van der Waals surface area contributed by atoms with E-state index in [1.165, 1.54) is 0 Å². The van der Waals surface area contributed by atoms with E-state index in [0.29, 0.717) is 0 Å². The quantitative estimate of drug-likeness (QED) is 0.401. The summed E-state index contributed by atoms with van der Waals surface area (Å²) in [4.78, 5) is 0. The maximum Gasteiger partial charge on any atom is 0.673 e. The summed E-state index contributed by atoms with van der Waals surface area (Å²) in [5, 5.41) is 9.18. The number of rotatable bonds is 1. The Bertz CT molecular complexity index is 172. The second-order valence-electron chi connectivity index (χ2n) is 3.78. The molecule has 1 fully saturated rings. The van der Waals surface area contributed by atoms with Gasteiger partial charge in [0, 0.05) is 6.42 Å². The van der Waals surface area contributed by atoms with Gasteiger partial charge in [-0.05, 0) is 6.92 Å². The molecule has 2 nitrogen and oxygen atoms in total. The van der Waals surface area contributed by atoms with Crippen LogP contribution in [-0.2, 0) is 0 Å². The zero-order valence-electron chi connectivity index (χ0n) is 8.39. The molecule has 14 heavy (non-hydrogen) atoms. The van der Waals surface area contributed by atoms with Gasteiger partial charge in [0.05, 0.1) is 20.1 Å². The van der Waals surface area contributed by atoms with E-state index in [4.69, 9.17) is 0 Å². The Labute approximate surface area is 81.2 Å². The van der Waals surface area contributed by atoms with Crippen molar-refractivity contribution in [2.75, 3.05) is 26.7 Å². The second-order valence-corrected chi connectivity index (χ2v) is 3.78. The van der Waals surface area contributed by atoms with E-state index in [1.807, 2.05) is 0 Å². The number of hydrogen-bond donors (Lipinski definition) is 1. The van der Waals surface area contributed by atoms with Gasteiger partial charge in [-0.1, -0.05) is 0 Å². The molecule has 86 valence electrons. The summed E-state index contributed by atoms with van der Waals surface area (Å²) < 4.78 is 40.1. The van der Waals surface area contributed by atoms with Crippen LogP contribution in [-0.4, -0.2) is 49.6 Å². The van der Waals surface area contributed by atoms with E-state index in [-0.39, 0.29) is 6.10 Å². The SMILES string of the molecule is CC[N+]1(C)CCC(O)C1.F[B-](F)(F)F. The minimum absolute atomic E-state index is 0.0325. The molecular weight excluding hydrogens is 201 g/mol. The summed E-state index contributed by atoms with van der Waals surface area (Å²) in [6, 6.07) is 0. The maximum absolute atomic E-state index is 9.75. The van der Waals surface area contributed by atoms with Gasteiger partial charge in [-0.3, -0.25) is 0 Å². The van der Waals surface area contributed by atoms with Crippen LogP contribution < -0.4 is 0 Å². The van der Waals surface area contributed by atoms with Crippen molar-refractivity contribution in [3.05, 3.63) is 0 Å². The second kappa shape index (κ2) is 4.98. The average Bonchev–Trinajstić information content (AvgIpc) is 2.29. The van der Waals surface area contributed by atoms with Crippen LogP contribution in [0.2, 0.25) is 0 Å². The third-order valence-corrected chi connectivity index (χ3v) is 2.42. The van der Waals surface area contributed by atoms with Crippen LogP contribution in [0.25, 0.3) is 0 Å². The molecule has 2 unspecified atom stereocenters. The van der Waals surface area contributed by atoms with Crippen molar-refractivity contribution in [3.63, 3.8) is 0 Å². The molecule has 1 N–H and O–H groups in total. The van der Waals surface area contributed by atoms with E-state index in [2.05, 4.69) is 14.0 Å². The zero-order valence-corrected chi connectivity index (χ0v) is 8.39. The summed E-state index contributed by atoms with van der Waals surface area (Å²) in [7, 11) is -3.80. The molecule has 1 aliphatic heterocycles. The van der Waals surface area contributed by atoms with Crippen LogP contribution in [0, 0.1) is 0 Å². The molecule has 0 aromatic carbocycles. The summed E-state index contributed by atoms with van der Waals surface area (Å²) >= 11 is 0. The molecule has 0 aromatic rings. The first kappa shape index (κ1) is 13.7. The summed E-state index contributed by atoms with van der Waals surface area (Å²) in [6.45, 7) is 5.43. The fraction of sp³-hybridized carbons (Fsp3) is 1.00. The molecule has 0 aromatic heterocycles. The monoisotopic (exact) mass is 217 g/mol. The fourth-order valence-electron chi connectivity index (χ4n) is 1.44. The highest BCUT2D eigenvalue weighted by atomic mass is 19.5. The Morgan fingerprint density at radius 1 is 1.36 bits per heavy atom. The third-order valence-electron chi connectivity index (χ3n) is 2.42. The molecule has 1 saturated heterocycles. The molecule has 0 spiro atoms. The van der Waals surface area contributed by atoms with Crippen LogP contribution in [0.15, 0.2) is 0 Å². The van der Waals surface area contributed by atoms with E-state index in [1.54, 1.807) is 0 Å². The lowest BCUT2D eigenvalue weighted by atomic mass is 10.3. The average molecular weight is 217 g/mol. The molecule has 0 amide bonds. The number of aliphatic hydroxyl groups is 1. The van der Waals surface area contributed by atoms with Crippen LogP contribution in [0.1, 0.15) is 13.3 Å². The maximum atomic E-state index is 9.75. The van der Waals surface area contributed by atoms with Crippen molar-refractivity contribution >= 4 is 7.25 Å². The molecule has 1 aliphatic rings. The highest BCUT2D eigenvalue weighted by Gasteiger charge is 2.31. The number of likely N-dealkylation sites (tertiary alicyclic amines) is 1. The largest absolute Gasteiger partial charge is 0.673 e. The molecule has 7 heteroatoms. The molecule has 0 aliphatic carbocycles. The Morgan fingerprint density at radius 2 is 1.79 bits per heavy atom. The minimum atomic E-state index is -6.00. The predicted octanol–water partition coefficient (Wildman–Crippen LogP) is 1.52. The van der Waals surface area contributed by atoms with E-state index < -0.39 is 7.25 Å². The van der Waals surface area contributed by atoms with E-state index >= 15 is 0 Å². The minimum Gasteiger partial charge on any atom is -0.418 e. The Balaban J connectivity index is 0.000000292. The van der Waals surface area contributed by atoms with Crippen LogP contribution in [0.5, 0.6) is 0 Å². The summed E-state index contributed by atoms with van der Waals surface area (Å²) in [5.74, 6) is 0. The first-order valence-electron chi connectivity index (χ1n) is 4.55. The van der Waals surface area contributed by atoms with Gasteiger partial charge in [-0.25, -0.2) is 0 Å². The van der Waals surface area contributed by atoms with Crippen molar-refractivity contribution < 1.29 is 26.9 Å². The van der Waals surface area contributed by atoms with E-state index in [9.17, 15) is 22.4 Å². The lowest BCUT2D eigenvalue weighted by Gasteiger charge is -2.27. The predicted molar refractivity (Wildman–Crippen MR) is 47.3 cm³/mol. The Morgan fingerprint density at radius 3 is 1.93 bits per heavy atom. The highest BCUT2D eigenvalue weighted by molar-refractivity contribution is 6.50. The van der Waals surface area contributed by atoms with E-state index in [0.717, 1.165) is 30.5 Å². The Hall–Kier alpha value is -0.295. The van der Waals surface area contributed by atoms with Gasteiger partial charge >= 0.3 is 7.25 Å². The highest BCUT2D eigenvalue weighted by Crippen LogP contribution is 2.15. The topological polar surface area (TPSA) is 20.2 Å². The van der Waals surface area contributed by atoms with Gasteiger partial charge in [-0.2, -0.15) is 0 Å². The van der Waals surface area contributed by atoms with Crippen molar-refractivity contribution in [1.29, 1.82) is 0 Å². The molecular formula is C7H16BF4NO. The van der Waals surface area contributed by atoms with Crippen LogP contribution >= 0.6 is 0 Å². The number of halogens is 4. The molecule has 1 heterocycles. The first-order valence-corrected chi connectivity index (χ1v) is 4.55. The number of nitrogens with zero attached hydrogens (tertiary/aromatic N) is 1. The zero-order chi connectivity index (χ0) is 11.4.